The molecule has 0 aliphatic rings. The van der Waals surface area contributed by atoms with E-state index in [9.17, 15) is 8.42 Å². The molecular formula is C13H14BrClN2O2S2. The summed E-state index contributed by atoms with van der Waals surface area (Å²) in [6.45, 7) is 2.29. The quantitative estimate of drug-likeness (QED) is 0.785. The summed E-state index contributed by atoms with van der Waals surface area (Å²) < 4.78 is 28.4. The Morgan fingerprint density at radius 3 is 2.76 bits per heavy atom. The van der Waals surface area contributed by atoms with Crippen molar-refractivity contribution >= 4 is 54.6 Å². The summed E-state index contributed by atoms with van der Waals surface area (Å²) >= 11 is 10.7. The molecule has 0 bridgehead atoms. The average molecular weight is 410 g/mol. The van der Waals surface area contributed by atoms with Gasteiger partial charge in [-0.15, -0.1) is 11.3 Å². The fourth-order valence-electron chi connectivity index (χ4n) is 1.91. The van der Waals surface area contributed by atoms with Gasteiger partial charge in [-0.3, -0.25) is 4.72 Å². The molecule has 2 N–H and O–H groups in total. The van der Waals surface area contributed by atoms with E-state index in [-0.39, 0.29) is 0 Å². The third kappa shape index (κ3) is 3.60. The Hall–Kier alpha value is -0.600. The molecule has 4 nitrogen and oxygen atoms in total. The molecule has 0 unspecified atom stereocenters. The number of benzene rings is 1. The zero-order valence-electron chi connectivity index (χ0n) is 11.4. The van der Waals surface area contributed by atoms with E-state index in [0.29, 0.717) is 26.6 Å². The molecule has 1 aromatic heterocycles. The van der Waals surface area contributed by atoms with E-state index in [1.165, 1.54) is 11.3 Å². The number of hydrogen-bond donors (Lipinski definition) is 2. The van der Waals surface area contributed by atoms with Crippen molar-refractivity contribution < 1.29 is 8.42 Å². The highest BCUT2D eigenvalue weighted by molar-refractivity contribution is 9.10. The van der Waals surface area contributed by atoms with Gasteiger partial charge >= 0.3 is 0 Å². The first-order chi connectivity index (χ1) is 9.86. The van der Waals surface area contributed by atoms with Crippen LogP contribution in [0.15, 0.2) is 32.9 Å². The largest absolute Gasteiger partial charge is 0.315 e. The van der Waals surface area contributed by atoms with Crippen LogP contribution in [0.2, 0.25) is 5.02 Å². The molecule has 21 heavy (non-hydrogen) atoms. The van der Waals surface area contributed by atoms with Crippen LogP contribution in [-0.4, -0.2) is 15.5 Å². The number of thiophene rings is 1. The molecule has 0 atom stereocenters. The Balaban J connectivity index is 2.44. The molecule has 1 aromatic carbocycles. The van der Waals surface area contributed by atoms with Crippen LogP contribution in [0.1, 0.15) is 10.4 Å². The minimum absolute atomic E-state index is 0.328. The lowest BCUT2D eigenvalue weighted by molar-refractivity contribution is 0.599. The van der Waals surface area contributed by atoms with Crippen LogP contribution in [0.3, 0.4) is 0 Å². The molecule has 0 fully saturated rings. The fraction of sp³-hybridized carbons (Fsp3) is 0.231. The van der Waals surface area contributed by atoms with Crippen molar-refractivity contribution in [1.29, 1.82) is 0 Å². The maximum Gasteiger partial charge on any atom is 0.263 e. The Bertz CT molecular complexity index is 760. The molecule has 2 rings (SSSR count). The second-order valence-corrected chi connectivity index (χ2v) is 8.19. The van der Waals surface area contributed by atoms with Gasteiger partial charge in [0.15, 0.2) is 0 Å². The van der Waals surface area contributed by atoms with Crippen LogP contribution in [0, 0.1) is 6.92 Å². The van der Waals surface area contributed by atoms with Crippen molar-refractivity contribution in [3.05, 3.63) is 43.5 Å². The number of halogens is 2. The molecule has 0 saturated heterocycles. The van der Waals surface area contributed by atoms with Gasteiger partial charge in [-0.1, -0.05) is 17.7 Å². The standard InChI is InChI=1S/C13H14BrClN2O2S2/c1-8-7-20-11(6-16-2)13(8)21(18,19)17-10-5-3-4-9(15)12(10)14/h3-5,7,16-17H,6H2,1-2H3. The zero-order valence-corrected chi connectivity index (χ0v) is 15.4. The monoisotopic (exact) mass is 408 g/mol. The smallest absolute Gasteiger partial charge is 0.263 e. The molecule has 0 aliphatic heterocycles. The molecule has 1 heterocycles. The van der Waals surface area contributed by atoms with Crippen LogP contribution < -0.4 is 10.0 Å². The summed E-state index contributed by atoms with van der Waals surface area (Å²) in [6.07, 6.45) is 0. The lowest BCUT2D eigenvalue weighted by atomic mass is 10.3. The number of sulfonamides is 1. The molecule has 0 amide bonds. The first-order valence-corrected chi connectivity index (χ1v) is 9.58. The van der Waals surface area contributed by atoms with E-state index in [1.807, 2.05) is 5.38 Å². The van der Waals surface area contributed by atoms with E-state index in [1.54, 1.807) is 32.2 Å². The van der Waals surface area contributed by atoms with Crippen molar-refractivity contribution in [2.45, 2.75) is 18.4 Å². The van der Waals surface area contributed by atoms with E-state index in [4.69, 9.17) is 11.6 Å². The Kier molecular flexibility index (Phi) is 5.32. The molecule has 0 aliphatic carbocycles. The Morgan fingerprint density at radius 2 is 2.10 bits per heavy atom. The van der Waals surface area contributed by atoms with Crippen LogP contribution in [0.4, 0.5) is 5.69 Å². The number of aryl methyl sites for hydroxylation is 1. The summed E-state index contributed by atoms with van der Waals surface area (Å²) in [5.41, 5.74) is 1.15. The second kappa shape index (κ2) is 6.66. The number of nitrogens with one attached hydrogen (secondary N) is 2. The van der Waals surface area contributed by atoms with Crippen molar-refractivity contribution in [2.75, 3.05) is 11.8 Å². The molecule has 0 radical (unpaired) electrons. The SMILES string of the molecule is CNCc1scc(C)c1S(=O)(=O)Nc1cccc(Cl)c1Br. The van der Waals surface area contributed by atoms with E-state index in [0.717, 1.165) is 10.4 Å². The fourth-order valence-corrected chi connectivity index (χ4v) is 5.48. The van der Waals surface area contributed by atoms with E-state index < -0.39 is 10.0 Å². The number of anilines is 1. The predicted molar refractivity (Wildman–Crippen MR) is 91.8 cm³/mol. The summed E-state index contributed by atoms with van der Waals surface area (Å²) in [5.74, 6) is 0. The number of rotatable bonds is 5. The third-order valence-electron chi connectivity index (χ3n) is 2.79. The van der Waals surface area contributed by atoms with Crippen LogP contribution in [-0.2, 0) is 16.6 Å². The average Bonchev–Trinajstić information content (AvgIpc) is 2.77. The topological polar surface area (TPSA) is 58.2 Å². The Morgan fingerprint density at radius 1 is 1.38 bits per heavy atom. The van der Waals surface area contributed by atoms with Gasteiger partial charge in [-0.05, 0) is 53.0 Å². The van der Waals surface area contributed by atoms with Gasteiger partial charge < -0.3 is 5.32 Å². The number of hydrogen-bond acceptors (Lipinski definition) is 4. The maximum absolute atomic E-state index is 12.6. The minimum atomic E-state index is -3.66. The molecule has 114 valence electrons. The minimum Gasteiger partial charge on any atom is -0.315 e. The predicted octanol–water partition coefficient (Wildman–Crippen LogP) is 3.99. The Labute approximate surface area is 141 Å². The van der Waals surface area contributed by atoms with Gasteiger partial charge in [0.2, 0.25) is 0 Å². The van der Waals surface area contributed by atoms with E-state index >= 15 is 0 Å². The first-order valence-electron chi connectivity index (χ1n) is 6.05. The van der Waals surface area contributed by atoms with Crippen molar-refractivity contribution in [2.24, 2.45) is 0 Å². The summed E-state index contributed by atoms with van der Waals surface area (Å²) in [6, 6.07) is 5.04. The second-order valence-electron chi connectivity index (χ2n) is 4.41. The molecule has 0 spiro atoms. The van der Waals surface area contributed by atoms with Crippen molar-refractivity contribution in [3.8, 4) is 0 Å². The third-order valence-corrected chi connectivity index (χ3v) is 7.02. The first kappa shape index (κ1) is 16.8. The summed E-state index contributed by atoms with van der Waals surface area (Å²) in [5, 5.41) is 5.28. The van der Waals surface area contributed by atoms with Crippen LogP contribution >= 0.6 is 38.9 Å². The molecule has 2 aromatic rings. The summed E-state index contributed by atoms with van der Waals surface area (Å²) in [4.78, 5) is 1.11. The highest BCUT2D eigenvalue weighted by Crippen LogP contribution is 2.33. The van der Waals surface area contributed by atoms with Crippen LogP contribution in [0.5, 0.6) is 0 Å². The maximum atomic E-state index is 12.6. The van der Waals surface area contributed by atoms with Gasteiger partial charge in [-0.25, -0.2) is 8.42 Å². The lowest BCUT2D eigenvalue weighted by Gasteiger charge is -2.12. The van der Waals surface area contributed by atoms with Gasteiger partial charge in [0, 0.05) is 11.4 Å². The highest BCUT2D eigenvalue weighted by Gasteiger charge is 2.23. The van der Waals surface area contributed by atoms with Gasteiger partial charge in [-0.2, -0.15) is 0 Å². The van der Waals surface area contributed by atoms with E-state index in [2.05, 4.69) is 26.0 Å². The van der Waals surface area contributed by atoms with Crippen molar-refractivity contribution in [1.82, 2.24) is 5.32 Å². The highest BCUT2D eigenvalue weighted by atomic mass is 79.9. The normalized spacial score (nSPS) is 11.6. The van der Waals surface area contributed by atoms with Crippen LogP contribution in [0.25, 0.3) is 0 Å². The van der Waals surface area contributed by atoms with Gasteiger partial charge in [0.05, 0.1) is 15.2 Å². The molecule has 8 heteroatoms. The zero-order chi connectivity index (χ0) is 15.6. The van der Waals surface area contributed by atoms with Crippen molar-refractivity contribution in [3.63, 3.8) is 0 Å². The molecule has 0 saturated carbocycles. The lowest BCUT2D eigenvalue weighted by Crippen LogP contribution is -2.17. The van der Waals surface area contributed by atoms with Gasteiger partial charge in [0.1, 0.15) is 4.90 Å². The summed E-state index contributed by atoms with van der Waals surface area (Å²) in [7, 11) is -1.88. The molecular weight excluding hydrogens is 396 g/mol. The van der Waals surface area contributed by atoms with Gasteiger partial charge in [0.25, 0.3) is 10.0 Å².